The molecule has 0 unspecified atom stereocenters. The maximum absolute atomic E-state index is 13.2. The van der Waals surface area contributed by atoms with Crippen molar-refractivity contribution in [2.75, 3.05) is 10.6 Å². The van der Waals surface area contributed by atoms with Crippen molar-refractivity contribution in [3.8, 4) is 0 Å². The van der Waals surface area contributed by atoms with Crippen LogP contribution in [0.2, 0.25) is 0 Å². The summed E-state index contributed by atoms with van der Waals surface area (Å²) in [7, 11) is -3.40. The summed E-state index contributed by atoms with van der Waals surface area (Å²) < 4.78 is 26.4. The van der Waals surface area contributed by atoms with E-state index in [2.05, 4.69) is 31.1 Å². The summed E-state index contributed by atoms with van der Waals surface area (Å²) in [6.45, 7) is 1.95. The lowest BCUT2D eigenvalue weighted by Crippen LogP contribution is -2.56. The summed E-state index contributed by atoms with van der Waals surface area (Å²) in [5.74, 6) is 1.93. The first-order chi connectivity index (χ1) is 17.4. The smallest absolute Gasteiger partial charge is 0.225 e. The first-order valence-corrected chi connectivity index (χ1v) is 13.7. The predicted molar refractivity (Wildman–Crippen MR) is 138 cm³/mol. The molecule has 2 aliphatic rings. The third-order valence-electron chi connectivity index (χ3n) is 6.99. The SMILES string of the molecule is Cc1cc(Nc2nc(NC3C[C@H]4CC(S(=O)(=O)c5cccnc5)C[C@H](C3)N4)nc3ccccc23)n[nH]1. The average molecular weight is 505 g/mol. The number of nitrogens with zero attached hydrogens (tertiary/aromatic N) is 4. The summed E-state index contributed by atoms with van der Waals surface area (Å²) >= 11 is 0. The molecule has 2 aliphatic heterocycles. The fraction of sp³-hybridized carbons (Fsp3) is 0.360. The van der Waals surface area contributed by atoms with E-state index in [1.54, 1.807) is 18.3 Å². The molecule has 36 heavy (non-hydrogen) atoms. The molecule has 0 radical (unpaired) electrons. The third kappa shape index (κ3) is 4.51. The number of anilines is 3. The number of benzene rings is 1. The van der Waals surface area contributed by atoms with Crippen LogP contribution >= 0.6 is 0 Å². The molecule has 0 aliphatic carbocycles. The number of hydrogen-bond acceptors (Lipinski definition) is 9. The van der Waals surface area contributed by atoms with Gasteiger partial charge in [-0.15, -0.1) is 0 Å². The minimum absolute atomic E-state index is 0.108. The number of sulfone groups is 1. The van der Waals surface area contributed by atoms with Gasteiger partial charge in [-0.1, -0.05) is 12.1 Å². The average Bonchev–Trinajstić information content (AvgIpc) is 3.28. The molecule has 3 aromatic heterocycles. The van der Waals surface area contributed by atoms with Crippen molar-refractivity contribution in [3.63, 3.8) is 0 Å². The van der Waals surface area contributed by atoms with E-state index in [-0.39, 0.29) is 18.1 Å². The number of para-hydroxylation sites is 1. The van der Waals surface area contributed by atoms with Crippen molar-refractivity contribution < 1.29 is 8.42 Å². The summed E-state index contributed by atoms with van der Waals surface area (Å²) in [6, 6.07) is 13.5. The topological polar surface area (TPSA) is 138 Å². The van der Waals surface area contributed by atoms with Crippen molar-refractivity contribution >= 4 is 38.3 Å². The Hall–Kier alpha value is -3.57. The van der Waals surface area contributed by atoms with Crippen LogP contribution in [-0.2, 0) is 9.84 Å². The molecule has 2 saturated heterocycles. The van der Waals surface area contributed by atoms with E-state index in [0.29, 0.717) is 35.3 Å². The Morgan fingerprint density at radius 3 is 2.53 bits per heavy atom. The van der Waals surface area contributed by atoms with Crippen molar-refractivity contribution in [1.82, 2.24) is 30.5 Å². The lowest BCUT2D eigenvalue weighted by Gasteiger charge is -2.43. The summed E-state index contributed by atoms with van der Waals surface area (Å²) in [5, 5.41) is 18.2. The summed E-state index contributed by atoms with van der Waals surface area (Å²) in [5.41, 5.74) is 1.79. The van der Waals surface area contributed by atoms with E-state index in [0.717, 1.165) is 29.4 Å². The maximum Gasteiger partial charge on any atom is 0.225 e. The Bertz CT molecular complexity index is 1480. The predicted octanol–water partition coefficient (Wildman–Crippen LogP) is 3.34. The highest BCUT2D eigenvalue weighted by Crippen LogP contribution is 2.34. The van der Waals surface area contributed by atoms with E-state index < -0.39 is 15.1 Å². The van der Waals surface area contributed by atoms with Gasteiger partial charge in [0, 0.05) is 47.7 Å². The molecule has 0 amide bonds. The second-order valence-corrected chi connectivity index (χ2v) is 11.9. The zero-order chi connectivity index (χ0) is 24.7. The van der Waals surface area contributed by atoms with Gasteiger partial charge < -0.3 is 16.0 Å². The molecular formula is C25H28N8O2S. The van der Waals surface area contributed by atoms with Crippen molar-refractivity contribution in [3.05, 3.63) is 60.6 Å². The number of rotatable bonds is 6. The molecule has 4 aromatic rings. The first kappa shape index (κ1) is 22.9. The van der Waals surface area contributed by atoms with Gasteiger partial charge in [0.15, 0.2) is 15.7 Å². The van der Waals surface area contributed by atoms with Crippen LogP contribution in [0.15, 0.2) is 59.8 Å². The zero-order valence-electron chi connectivity index (χ0n) is 19.8. The molecular weight excluding hydrogens is 476 g/mol. The van der Waals surface area contributed by atoms with Gasteiger partial charge >= 0.3 is 0 Å². The molecule has 0 spiro atoms. The van der Waals surface area contributed by atoms with E-state index in [9.17, 15) is 8.42 Å². The minimum atomic E-state index is -3.40. The van der Waals surface area contributed by atoms with Crippen LogP contribution < -0.4 is 16.0 Å². The third-order valence-corrected chi connectivity index (χ3v) is 9.16. The molecule has 0 saturated carbocycles. The Morgan fingerprint density at radius 2 is 1.81 bits per heavy atom. The summed E-state index contributed by atoms with van der Waals surface area (Å²) in [6.07, 6.45) is 5.80. The Morgan fingerprint density at radius 1 is 1.00 bits per heavy atom. The van der Waals surface area contributed by atoms with Crippen LogP contribution in [0, 0.1) is 6.92 Å². The molecule has 5 heterocycles. The van der Waals surface area contributed by atoms with Crippen LogP contribution in [0.3, 0.4) is 0 Å². The Balaban J connectivity index is 1.20. The molecule has 186 valence electrons. The molecule has 6 rings (SSSR count). The van der Waals surface area contributed by atoms with Gasteiger partial charge in [-0.2, -0.15) is 10.1 Å². The quantitative estimate of drug-likeness (QED) is 0.311. The van der Waals surface area contributed by atoms with E-state index in [4.69, 9.17) is 9.97 Å². The van der Waals surface area contributed by atoms with E-state index >= 15 is 0 Å². The molecule has 2 fully saturated rings. The highest BCUT2D eigenvalue weighted by atomic mass is 32.2. The second-order valence-electron chi connectivity index (χ2n) is 9.67. The normalized spacial score (nSPS) is 23.9. The van der Waals surface area contributed by atoms with Gasteiger partial charge in [0.2, 0.25) is 5.95 Å². The molecule has 2 atom stereocenters. The van der Waals surface area contributed by atoms with Gasteiger partial charge in [0.1, 0.15) is 5.82 Å². The van der Waals surface area contributed by atoms with Gasteiger partial charge in [-0.05, 0) is 56.9 Å². The Labute approximate surface area is 209 Å². The first-order valence-electron chi connectivity index (χ1n) is 12.2. The standard InChI is InChI=1S/C25H28N8O2S/c1-15-9-23(33-32-15)30-24-21-6-2-3-7-22(21)29-25(31-24)28-16-10-17-12-20(13-18(11-16)27-17)36(34,35)19-5-4-8-26-14-19/h2-9,14,16-18,20,27H,10-13H2,1H3,(H3,28,29,30,31,32,33)/t16?,17-,18-,20?/m0/s1. The monoisotopic (exact) mass is 504 g/mol. The number of piperidine rings is 2. The van der Waals surface area contributed by atoms with Gasteiger partial charge in [-0.3, -0.25) is 10.1 Å². The highest BCUT2D eigenvalue weighted by molar-refractivity contribution is 7.92. The second kappa shape index (κ2) is 9.14. The Kier molecular flexibility index (Phi) is 5.81. The zero-order valence-corrected chi connectivity index (χ0v) is 20.7. The number of fused-ring (bicyclic) bond motifs is 3. The van der Waals surface area contributed by atoms with E-state index in [1.807, 2.05) is 37.3 Å². The highest BCUT2D eigenvalue weighted by Gasteiger charge is 2.41. The molecule has 1 aromatic carbocycles. The largest absolute Gasteiger partial charge is 0.351 e. The van der Waals surface area contributed by atoms with Crippen LogP contribution in [0.4, 0.5) is 17.6 Å². The number of aryl methyl sites for hydroxylation is 1. The molecule has 2 bridgehead atoms. The van der Waals surface area contributed by atoms with Gasteiger partial charge in [0.05, 0.1) is 15.7 Å². The fourth-order valence-electron chi connectivity index (χ4n) is 5.41. The fourth-order valence-corrected chi connectivity index (χ4v) is 7.25. The lowest BCUT2D eigenvalue weighted by atomic mass is 9.84. The van der Waals surface area contributed by atoms with Crippen LogP contribution in [0.1, 0.15) is 31.4 Å². The number of hydrogen-bond donors (Lipinski definition) is 4. The van der Waals surface area contributed by atoms with E-state index in [1.165, 1.54) is 6.20 Å². The van der Waals surface area contributed by atoms with Crippen LogP contribution in [0.5, 0.6) is 0 Å². The van der Waals surface area contributed by atoms with Crippen LogP contribution in [0.25, 0.3) is 10.9 Å². The van der Waals surface area contributed by atoms with Crippen molar-refractivity contribution in [2.24, 2.45) is 0 Å². The molecule has 11 heteroatoms. The van der Waals surface area contributed by atoms with Gasteiger partial charge in [0.25, 0.3) is 0 Å². The number of aromatic nitrogens is 5. The maximum atomic E-state index is 13.2. The lowest BCUT2D eigenvalue weighted by molar-refractivity contribution is 0.231. The number of aromatic amines is 1. The molecule has 4 N–H and O–H groups in total. The summed E-state index contributed by atoms with van der Waals surface area (Å²) in [4.78, 5) is 13.8. The van der Waals surface area contributed by atoms with Crippen LogP contribution in [-0.4, -0.2) is 56.9 Å². The minimum Gasteiger partial charge on any atom is -0.351 e. The molecule has 10 nitrogen and oxygen atoms in total. The number of pyridine rings is 1. The number of nitrogens with one attached hydrogen (secondary N) is 4. The van der Waals surface area contributed by atoms with Gasteiger partial charge in [-0.25, -0.2) is 13.4 Å². The number of H-pyrrole nitrogens is 1. The van der Waals surface area contributed by atoms with Crippen molar-refractivity contribution in [2.45, 2.75) is 60.9 Å². The van der Waals surface area contributed by atoms with Crippen molar-refractivity contribution in [1.29, 1.82) is 0 Å².